The van der Waals surface area contributed by atoms with E-state index in [1.807, 2.05) is 0 Å². The molecule has 0 aliphatic carbocycles. The lowest BCUT2D eigenvalue weighted by molar-refractivity contribution is -0.137. The van der Waals surface area contributed by atoms with E-state index in [1.54, 1.807) is 0 Å². The SMILES string of the molecule is [2H]C1=C(SC([2H])([2H])c2cccc(F)c2F)N(C([2H])([2H])C(=O)N(C([2H])([2H])c2ccc(-c3ccc(C(F)(F)F)cc3)cc2)C2([2H])C([2H])([2H])C([2H])([2H])N(CCOC([2H])([2H])[2H])C([2H])([2H])C2([2H])[2H])c2c([2H])c([2H])c(C)c([2H])c2C1O. The third-order valence-electron chi connectivity index (χ3n) is 7.46. The molecule has 280 valence electrons. The molecule has 0 aromatic heterocycles. The molecule has 1 fully saturated rings. The third kappa shape index (κ3) is 9.29. The zero-order valence-electron chi connectivity index (χ0n) is 49.2. The summed E-state index contributed by atoms with van der Waals surface area (Å²) in [7, 11) is -3.24. The van der Waals surface area contributed by atoms with E-state index < -0.39 is 180 Å². The van der Waals surface area contributed by atoms with Crippen LogP contribution in [-0.4, -0.2) is 66.5 Å². The van der Waals surface area contributed by atoms with Crippen molar-refractivity contribution in [1.29, 1.82) is 0 Å². The highest BCUT2D eigenvalue weighted by Crippen LogP contribution is 2.41. The maximum Gasteiger partial charge on any atom is 0.416 e. The normalized spacial score (nSPS) is 28.4. The van der Waals surface area contributed by atoms with Crippen LogP contribution in [-0.2, 0) is 27.9 Å². The Labute approximate surface area is 341 Å². The van der Waals surface area contributed by atoms with Crippen LogP contribution in [0.15, 0.2) is 95.9 Å². The number of anilines is 1. The zero-order chi connectivity index (χ0) is 57.2. The molecule has 2 heterocycles. The van der Waals surface area contributed by atoms with Crippen LogP contribution in [0.5, 0.6) is 0 Å². The van der Waals surface area contributed by atoms with Gasteiger partial charge in [-0.15, -0.1) is 11.8 Å². The molecule has 0 bridgehead atoms. The van der Waals surface area contributed by atoms with Crippen molar-refractivity contribution in [3.8, 4) is 11.1 Å². The van der Waals surface area contributed by atoms with Crippen molar-refractivity contribution in [3.05, 3.63) is 135 Å². The summed E-state index contributed by atoms with van der Waals surface area (Å²) >= 11 is -0.450. The fourth-order valence-electron chi connectivity index (χ4n) is 4.84. The van der Waals surface area contributed by atoms with Crippen LogP contribution in [0, 0.1) is 18.6 Å². The standard InChI is InChI=1S/C41H42F5N3O3S/c1-27-6-15-36-34(22-27)37(50)23-39(53-26-31-4-3-5-35(42)40(31)43)49(36)25-38(51)48(33-16-18-47(19-17-33)20-21-52-2)24-28-7-9-29(10-8-28)30-11-13-32(14-12-30)41(44,45)46/h3-15,22-23,33,37,50H,16-21,24-26H2,1-2H3/i2D3,6D,15D,16D2,17D2,18D2,19D2,22D,23D,24D2,25D2,26D2,33D. The van der Waals surface area contributed by atoms with E-state index in [1.165, 1.54) is 0 Å². The molecule has 12 heteroatoms. The van der Waals surface area contributed by atoms with E-state index in [0.29, 0.717) is 24.3 Å². The number of ether oxygens (including phenoxy) is 1. The van der Waals surface area contributed by atoms with Gasteiger partial charge in [0.2, 0.25) is 5.91 Å². The number of rotatable bonds is 12. The monoisotopic (exact) mass is 773 g/mol. The van der Waals surface area contributed by atoms with Crippen molar-refractivity contribution in [1.82, 2.24) is 9.80 Å². The lowest BCUT2D eigenvalue weighted by Crippen LogP contribution is -2.50. The summed E-state index contributed by atoms with van der Waals surface area (Å²) < 4.78 is 271. The number of methoxy groups -OCH3 is 1. The number of aliphatic hydroxyl groups is 1. The first-order chi connectivity index (χ1) is 33.9. The first-order valence-electron chi connectivity index (χ1n) is 26.4. The molecule has 53 heavy (non-hydrogen) atoms. The van der Waals surface area contributed by atoms with E-state index in [4.69, 9.17) is 17.8 Å². The van der Waals surface area contributed by atoms with E-state index in [2.05, 4.69) is 4.74 Å². The smallest absolute Gasteiger partial charge is 0.384 e. The van der Waals surface area contributed by atoms with Gasteiger partial charge < -0.3 is 24.5 Å². The van der Waals surface area contributed by atoms with Crippen LogP contribution < -0.4 is 4.90 Å². The third-order valence-corrected chi connectivity index (χ3v) is 8.27. The number of hydrogen-bond acceptors (Lipinski definition) is 6. The quantitative estimate of drug-likeness (QED) is 0.146. The van der Waals surface area contributed by atoms with Gasteiger partial charge >= 0.3 is 6.18 Å². The van der Waals surface area contributed by atoms with Crippen molar-refractivity contribution in [2.24, 2.45) is 0 Å². The molecule has 1 unspecified atom stereocenters. The highest BCUT2D eigenvalue weighted by Gasteiger charge is 2.33. The lowest BCUT2D eigenvalue weighted by Gasteiger charge is -2.40. The molecule has 2 aliphatic heterocycles. The molecule has 4 aromatic rings. The summed E-state index contributed by atoms with van der Waals surface area (Å²) in [6, 6.07) is -0.207. The van der Waals surface area contributed by atoms with Crippen molar-refractivity contribution >= 4 is 23.4 Å². The Morgan fingerprint density at radius 3 is 2.47 bits per heavy atom. The van der Waals surface area contributed by atoms with Crippen LogP contribution in [0.2, 0.25) is 0 Å². The van der Waals surface area contributed by atoms with Gasteiger partial charge in [-0.3, -0.25) is 4.79 Å². The molecule has 6 nitrogen and oxygen atoms in total. The van der Waals surface area contributed by atoms with E-state index >= 15 is 9.18 Å². The van der Waals surface area contributed by atoms with Crippen LogP contribution >= 0.6 is 11.8 Å². The summed E-state index contributed by atoms with van der Waals surface area (Å²) in [5.41, 5.74) is -9.14. The first-order valence-corrected chi connectivity index (χ1v) is 16.2. The predicted molar refractivity (Wildman–Crippen MR) is 198 cm³/mol. The van der Waals surface area contributed by atoms with Crippen LogP contribution in [0.25, 0.3) is 11.1 Å². The van der Waals surface area contributed by atoms with Gasteiger partial charge in [0.25, 0.3) is 0 Å². The molecule has 1 atom stereocenters. The van der Waals surface area contributed by atoms with Gasteiger partial charge in [0.05, 0.1) is 33.6 Å². The number of carbonyl (C=O) groups excluding carboxylic acids is 1. The number of aliphatic hydroxyl groups excluding tert-OH is 1. The first kappa shape index (κ1) is 19.4. The Morgan fingerprint density at radius 2 is 1.79 bits per heavy atom. The van der Waals surface area contributed by atoms with Crippen molar-refractivity contribution < 1.29 is 66.7 Å². The molecular formula is C41H42F5N3O3S. The molecule has 0 radical (unpaired) electrons. The van der Waals surface area contributed by atoms with Gasteiger partial charge in [-0.1, -0.05) is 66.2 Å². The Morgan fingerprint density at radius 1 is 1.09 bits per heavy atom. The number of hydrogen-bond donors (Lipinski definition) is 1. The van der Waals surface area contributed by atoms with Crippen molar-refractivity contribution in [3.63, 3.8) is 0 Å². The molecule has 2 aliphatic rings. The Balaban J connectivity index is 1.68. The van der Waals surface area contributed by atoms with Gasteiger partial charge in [0.15, 0.2) is 11.6 Å². The van der Waals surface area contributed by atoms with E-state index in [9.17, 15) is 35.0 Å². The van der Waals surface area contributed by atoms with Crippen LogP contribution in [0.1, 0.15) is 76.8 Å². The van der Waals surface area contributed by atoms with Gasteiger partial charge in [-0.25, -0.2) is 8.78 Å². The summed E-state index contributed by atoms with van der Waals surface area (Å²) in [5, 5.41) is 10.2. The Hall–Kier alpha value is -4.23. The Bertz CT molecular complexity index is 2900. The van der Waals surface area contributed by atoms with Crippen LogP contribution in [0.4, 0.5) is 27.6 Å². The molecule has 1 amide bonds. The van der Waals surface area contributed by atoms with Crippen molar-refractivity contribution in [2.75, 3.05) is 44.6 Å². The number of nitrogens with zero attached hydrogens (tertiary/aromatic N) is 3. The molecule has 1 saturated heterocycles. The minimum absolute atomic E-state index is 0.0147. The number of benzene rings is 4. The number of piperidine rings is 1. The molecule has 1 N–H and O–H groups in total. The average Bonchev–Trinajstić information content (AvgIpc) is 3.29. The van der Waals surface area contributed by atoms with Crippen molar-refractivity contribution in [2.45, 2.75) is 50.2 Å². The fourth-order valence-corrected chi connectivity index (χ4v) is 5.61. The number of thioether (sulfide) groups is 1. The number of amides is 1. The second kappa shape index (κ2) is 16.8. The summed E-state index contributed by atoms with van der Waals surface area (Å²) in [6.07, 6.45) is -16.4. The number of likely N-dealkylation sites (tertiary alicyclic amines) is 1. The second-order valence-electron chi connectivity index (χ2n) is 11.1. The highest BCUT2D eigenvalue weighted by atomic mass is 32.2. The molecule has 0 spiro atoms. The number of halogens is 5. The minimum Gasteiger partial charge on any atom is -0.384 e. The van der Waals surface area contributed by atoms with Gasteiger partial charge in [-0.2, -0.15) is 13.2 Å². The van der Waals surface area contributed by atoms with Gasteiger partial charge in [0.1, 0.15) is 12.6 Å². The highest BCUT2D eigenvalue weighted by molar-refractivity contribution is 8.02. The molecule has 6 rings (SSSR count). The lowest BCUT2D eigenvalue weighted by atomic mass is 9.99. The largest absolute Gasteiger partial charge is 0.416 e. The molecule has 4 aromatic carbocycles. The topological polar surface area (TPSA) is 56.3 Å². The summed E-state index contributed by atoms with van der Waals surface area (Å²) in [4.78, 5) is 14.6. The fraction of sp³-hybridized carbons (Fsp3) is 0.341. The maximum atomic E-state index is 15.8. The van der Waals surface area contributed by atoms with Gasteiger partial charge in [-0.05, 0) is 66.7 Å². The second-order valence-corrected chi connectivity index (χ2v) is 11.9. The predicted octanol–water partition coefficient (Wildman–Crippen LogP) is 8.73. The molecule has 0 saturated carbocycles. The molecular weight excluding hydrogens is 710 g/mol. The van der Waals surface area contributed by atoms with E-state index in [-0.39, 0.29) is 20.9 Å². The average molecular weight is 774 g/mol. The summed E-state index contributed by atoms with van der Waals surface area (Å²) in [6.45, 7) is -18.5. The number of carbonyl (C=O) groups is 1. The van der Waals surface area contributed by atoms with E-state index in [0.717, 1.165) is 49.4 Å². The number of alkyl halides is 3. The van der Waals surface area contributed by atoms with Crippen LogP contribution in [0.3, 0.4) is 0 Å². The zero-order valence-corrected chi connectivity index (χ0v) is 28.1. The minimum atomic E-state index is -4.81. The number of fused-ring (bicyclic) bond motifs is 1. The summed E-state index contributed by atoms with van der Waals surface area (Å²) in [5.74, 6) is -6.20. The maximum absolute atomic E-state index is 15.8. The Kier molecular flexibility index (Phi) is 6.16. The van der Waals surface area contributed by atoms with Gasteiger partial charge in [0, 0.05) is 75.3 Å².